The number of hydrogen-bond acceptors (Lipinski definition) is 4. The van der Waals surface area contributed by atoms with Gasteiger partial charge in [0, 0.05) is 18.4 Å². The van der Waals surface area contributed by atoms with Gasteiger partial charge in [-0.15, -0.1) is 0 Å². The van der Waals surface area contributed by atoms with Gasteiger partial charge >= 0.3 is 5.97 Å². The summed E-state index contributed by atoms with van der Waals surface area (Å²) in [5, 5.41) is 9.25. The van der Waals surface area contributed by atoms with Gasteiger partial charge in [0.05, 0.1) is 11.2 Å². The number of aliphatic carboxylic acids is 1. The molecule has 1 rings (SSSR count). The Morgan fingerprint density at radius 2 is 2.17 bits per heavy atom. The van der Waals surface area contributed by atoms with Gasteiger partial charge < -0.3 is 15.4 Å². The molecule has 0 spiro atoms. The van der Waals surface area contributed by atoms with Crippen LogP contribution in [0.2, 0.25) is 0 Å². The predicted molar refractivity (Wildman–Crippen MR) is 68.3 cm³/mol. The second-order valence-corrected chi connectivity index (χ2v) is 5.64. The Hall–Kier alpha value is -1.50. The Balaban J connectivity index is 2.91. The first-order valence-corrected chi connectivity index (χ1v) is 6.39. The lowest BCUT2D eigenvalue weighted by Gasteiger charge is -2.22. The van der Waals surface area contributed by atoms with Crippen LogP contribution in [0, 0.1) is 12.3 Å². The number of amides is 1. The predicted octanol–water partition coefficient (Wildman–Crippen LogP) is 0.880. The SMILES string of the molecule is Cc1cnc(SCC(=O)O)n1CC(C)(C)C(N)=O. The lowest BCUT2D eigenvalue weighted by molar-refractivity contribution is -0.134. The molecule has 0 radical (unpaired) electrons. The van der Waals surface area contributed by atoms with E-state index in [1.165, 1.54) is 0 Å². The minimum Gasteiger partial charge on any atom is -0.481 e. The van der Waals surface area contributed by atoms with Gasteiger partial charge in [-0.1, -0.05) is 11.8 Å². The topological polar surface area (TPSA) is 98.2 Å². The van der Waals surface area contributed by atoms with Crippen LogP contribution in [0.5, 0.6) is 0 Å². The number of carbonyl (C=O) groups is 2. The lowest BCUT2D eigenvalue weighted by atomic mass is 9.92. The van der Waals surface area contributed by atoms with E-state index < -0.39 is 17.3 Å². The molecule has 0 aromatic carbocycles. The number of aromatic nitrogens is 2. The molecule has 0 fully saturated rings. The molecular weight excluding hydrogens is 254 g/mol. The van der Waals surface area contributed by atoms with Gasteiger partial charge in [-0.05, 0) is 20.8 Å². The van der Waals surface area contributed by atoms with Crippen molar-refractivity contribution < 1.29 is 14.7 Å². The number of imidazole rings is 1. The van der Waals surface area contributed by atoms with E-state index in [1.807, 2.05) is 11.5 Å². The number of carboxylic acids is 1. The Kier molecular flexibility index (Phi) is 4.39. The number of carboxylic acid groups (broad SMARTS) is 1. The molecule has 6 nitrogen and oxygen atoms in total. The fourth-order valence-corrected chi connectivity index (χ4v) is 2.09. The van der Waals surface area contributed by atoms with E-state index in [2.05, 4.69) is 4.98 Å². The van der Waals surface area contributed by atoms with Crippen molar-refractivity contribution in [2.24, 2.45) is 11.1 Å². The Bertz CT molecular complexity index is 468. The molecule has 0 aliphatic heterocycles. The summed E-state index contributed by atoms with van der Waals surface area (Å²) in [5.74, 6) is -1.36. The third kappa shape index (κ3) is 3.49. The van der Waals surface area contributed by atoms with Crippen molar-refractivity contribution in [3.63, 3.8) is 0 Å². The van der Waals surface area contributed by atoms with Gasteiger partial charge in [0.15, 0.2) is 5.16 Å². The maximum absolute atomic E-state index is 11.3. The maximum Gasteiger partial charge on any atom is 0.313 e. The molecular formula is C11H17N3O3S. The molecule has 0 bridgehead atoms. The second-order valence-electron chi connectivity index (χ2n) is 4.70. The summed E-state index contributed by atoms with van der Waals surface area (Å²) in [4.78, 5) is 26.0. The van der Waals surface area contributed by atoms with Gasteiger partial charge in [-0.25, -0.2) is 4.98 Å². The zero-order valence-electron chi connectivity index (χ0n) is 10.6. The first-order chi connectivity index (χ1) is 8.24. The molecule has 18 heavy (non-hydrogen) atoms. The van der Waals surface area contributed by atoms with Crippen molar-refractivity contribution in [1.82, 2.24) is 9.55 Å². The van der Waals surface area contributed by atoms with E-state index in [9.17, 15) is 9.59 Å². The summed E-state index contributed by atoms with van der Waals surface area (Å²) >= 11 is 1.13. The fourth-order valence-electron chi connectivity index (χ4n) is 1.35. The van der Waals surface area contributed by atoms with E-state index in [0.29, 0.717) is 11.7 Å². The van der Waals surface area contributed by atoms with Crippen molar-refractivity contribution >= 4 is 23.6 Å². The van der Waals surface area contributed by atoms with Gasteiger partial charge in [0.1, 0.15) is 0 Å². The second kappa shape index (κ2) is 5.43. The molecule has 1 heterocycles. The molecule has 0 aliphatic rings. The number of thioether (sulfide) groups is 1. The lowest BCUT2D eigenvalue weighted by Crippen LogP contribution is -2.35. The van der Waals surface area contributed by atoms with Gasteiger partial charge in [0.25, 0.3) is 0 Å². The molecule has 1 aromatic heterocycles. The quantitative estimate of drug-likeness (QED) is 0.748. The first-order valence-electron chi connectivity index (χ1n) is 5.40. The molecule has 0 saturated carbocycles. The highest BCUT2D eigenvalue weighted by Gasteiger charge is 2.27. The average molecular weight is 271 g/mol. The van der Waals surface area contributed by atoms with E-state index >= 15 is 0 Å². The number of nitrogens with two attached hydrogens (primary N) is 1. The monoisotopic (exact) mass is 271 g/mol. The van der Waals surface area contributed by atoms with Crippen LogP contribution in [0.3, 0.4) is 0 Å². The van der Waals surface area contributed by atoms with Gasteiger partial charge in [-0.2, -0.15) is 0 Å². The van der Waals surface area contributed by atoms with E-state index in [1.54, 1.807) is 20.0 Å². The van der Waals surface area contributed by atoms with E-state index in [4.69, 9.17) is 10.8 Å². The highest BCUT2D eigenvalue weighted by atomic mass is 32.2. The summed E-state index contributed by atoms with van der Waals surface area (Å²) in [7, 11) is 0. The minimum absolute atomic E-state index is 0.0621. The summed E-state index contributed by atoms with van der Waals surface area (Å²) < 4.78 is 1.82. The molecule has 3 N–H and O–H groups in total. The maximum atomic E-state index is 11.3. The zero-order valence-corrected chi connectivity index (χ0v) is 11.5. The number of rotatable bonds is 6. The summed E-state index contributed by atoms with van der Waals surface area (Å²) in [6, 6.07) is 0. The Morgan fingerprint density at radius 1 is 1.56 bits per heavy atom. The highest BCUT2D eigenvalue weighted by Crippen LogP contribution is 2.24. The molecule has 0 atom stereocenters. The number of primary amides is 1. The van der Waals surface area contributed by atoms with Crippen molar-refractivity contribution in [1.29, 1.82) is 0 Å². The molecule has 0 unspecified atom stereocenters. The van der Waals surface area contributed by atoms with Gasteiger partial charge in [0.2, 0.25) is 5.91 Å². The number of carbonyl (C=O) groups excluding carboxylic acids is 1. The first kappa shape index (κ1) is 14.6. The third-order valence-electron chi connectivity index (χ3n) is 2.56. The molecule has 7 heteroatoms. The fraction of sp³-hybridized carbons (Fsp3) is 0.545. The molecule has 1 aromatic rings. The normalized spacial score (nSPS) is 11.5. The number of nitrogens with zero attached hydrogens (tertiary/aromatic N) is 2. The van der Waals surface area contributed by atoms with Crippen molar-refractivity contribution in [2.45, 2.75) is 32.5 Å². The van der Waals surface area contributed by atoms with Crippen LogP contribution in [-0.4, -0.2) is 32.3 Å². The summed E-state index contributed by atoms with van der Waals surface area (Å²) in [5.41, 5.74) is 5.50. The van der Waals surface area contributed by atoms with Crippen LogP contribution >= 0.6 is 11.8 Å². The third-order valence-corrected chi connectivity index (χ3v) is 3.54. The highest BCUT2D eigenvalue weighted by molar-refractivity contribution is 7.99. The van der Waals surface area contributed by atoms with Gasteiger partial charge in [-0.3, -0.25) is 9.59 Å². The molecule has 1 amide bonds. The molecule has 100 valence electrons. The summed E-state index contributed by atoms with van der Waals surface area (Å²) in [6.45, 7) is 5.74. The molecule has 0 saturated heterocycles. The van der Waals surface area contributed by atoms with Crippen LogP contribution in [0.4, 0.5) is 0 Å². The van der Waals surface area contributed by atoms with Crippen LogP contribution in [0.25, 0.3) is 0 Å². The van der Waals surface area contributed by atoms with Crippen molar-refractivity contribution in [3.05, 3.63) is 11.9 Å². The zero-order chi connectivity index (χ0) is 13.9. The van der Waals surface area contributed by atoms with Crippen LogP contribution in [0.1, 0.15) is 19.5 Å². The van der Waals surface area contributed by atoms with Crippen molar-refractivity contribution in [3.8, 4) is 0 Å². The largest absolute Gasteiger partial charge is 0.481 e. The van der Waals surface area contributed by atoms with Crippen molar-refractivity contribution in [2.75, 3.05) is 5.75 Å². The summed E-state index contributed by atoms with van der Waals surface area (Å²) in [6.07, 6.45) is 1.65. The standard InChI is InChI=1S/C11H17N3O3S/c1-7-4-13-10(18-5-8(15)16)14(7)6-11(2,3)9(12)17/h4H,5-6H2,1-3H3,(H2,12,17)(H,15,16). The average Bonchev–Trinajstić information content (AvgIpc) is 2.57. The van der Waals surface area contributed by atoms with Crippen LogP contribution < -0.4 is 5.73 Å². The number of aryl methyl sites for hydroxylation is 1. The minimum atomic E-state index is -0.902. The van der Waals surface area contributed by atoms with E-state index in [-0.39, 0.29) is 5.75 Å². The van der Waals surface area contributed by atoms with Crippen LogP contribution in [0.15, 0.2) is 11.4 Å². The Morgan fingerprint density at radius 3 is 2.67 bits per heavy atom. The van der Waals surface area contributed by atoms with E-state index in [0.717, 1.165) is 17.5 Å². The molecule has 0 aliphatic carbocycles. The smallest absolute Gasteiger partial charge is 0.313 e. The Labute approximate surface area is 110 Å². The van der Waals surface area contributed by atoms with Crippen LogP contribution in [-0.2, 0) is 16.1 Å². The number of hydrogen-bond donors (Lipinski definition) is 2.